The molecule has 2 aliphatic rings. The molecule has 0 aromatic rings. The van der Waals surface area contributed by atoms with Gasteiger partial charge < -0.3 is 10.2 Å². The molecule has 100 valence electrons. The third-order valence-corrected chi connectivity index (χ3v) is 4.92. The molecule has 2 nitrogen and oxygen atoms in total. The second kappa shape index (κ2) is 6.19. The zero-order valence-electron chi connectivity index (χ0n) is 11.8. The van der Waals surface area contributed by atoms with E-state index in [1.165, 1.54) is 71.1 Å². The molecular formula is C15H30N2. The fourth-order valence-corrected chi connectivity index (χ4v) is 3.80. The molecular weight excluding hydrogens is 208 g/mol. The molecule has 0 aromatic carbocycles. The maximum atomic E-state index is 3.53. The van der Waals surface area contributed by atoms with Crippen molar-refractivity contribution in [3.05, 3.63) is 0 Å². The summed E-state index contributed by atoms with van der Waals surface area (Å²) >= 11 is 0. The second-order valence-corrected chi connectivity index (χ2v) is 6.32. The Morgan fingerprint density at radius 1 is 1.24 bits per heavy atom. The molecule has 2 saturated heterocycles. The first-order valence-electron chi connectivity index (χ1n) is 7.70. The van der Waals surface area contributed by atoms with Crippen molar-refractivity contribution < 1.29 is 0 Å². The van der Waals surface area contributed by atoms with E-state index < -0.39 is 0 Å². The van der Waals surface area contributed by atoms with Crippen LogP contribution in [0, 0.1) is 5.41 Å². The quantitative estimate of drug-likeness (QED) is 0.810. The summed E-state index contributed by atoms with van der Waals surface area (Å²) in [7, 11) is 0. The van der Waals surface area contributed by atoms with E-state index in [0.29, 0.717) is 5.41 Å². The van der Waals surface area contributed by atoms with Crippen LogP contribution in [0.5, 0.6) is 0 Å². The van der Waals surface area contributed by atoms with Crippen LogP contribution >= 0.6 is 0 Å². The molecule has 2 fully saturated rings. The van der Waals surface area contributed by atoms with E-state index in [4.69, 9.17) is 0 Å². The van der Waals surface area contributed by atoms with E-state index in [1.807, 2.05) is 0 Å². The van der Waals surface area contributed by atoms with Crippen LogP contribution in [-0.4, -0.2) is 37.1 Å². The highest BCUT2D eigenvalue weighted by atomic mass is 15.2. The summed E-state index contributed by atoms with van der Waals surface area (Å²) in [6, 6.07) is 0.826. The third-order valence-electron chi connectivity index (χ3n) is 4.92. The Morgan fingerprint density at radius 2 is 2.00 bits per heavy atom. The molecule has 17 heavy (non-hydrogen) atoms. The third kappa shape index (κ3) is 3.45. The SMILES string of the molecule is CCCC1(CN2CCCCC2C)CCNCC1. The number of likely N-dealkylation sites (tertiary alicyclic amines) is 1. The molecule has 0 aromatic heterocycles. The van der Waals surface area contributed by atoms with Crippen LogP contribution in [0.15, 0.2) is 0 Å². The van der Waals surface area contributed by atoms with Crippen LogP contribution in [0.1, 0.15) is 58.8 Å². The summed E-state index contributed by atoms with van der Waals surface area (Å²) in [6.45, 7) is 9.97. The van der Waals surface area contributed by atoms with Crippen LogP contribution in [0.2, 0.25) is 0 Å². The normalized spacial score (nSPS) is 30.4. The molecule has 1 unspecified atom stereocenters. The number of nitrogens with one attached hydrogen (secondary N) is 1. The van der Waals surface area contributed by atoms with Gasteiger partial charge in [0.15, 0.2) is 0 Å². The van der Waals surface area contributed by atoms with Gasteiger partial charge in [0, 0.05) is 12.6 Å². The van der Waals surface area contributed by atoms with Gasteiger partial charge in [0.25, 0.3) is 0 Å². The van der Waals surface area contributed by atoms with E-state index in [0.717, 1.165) is 6.04 Å². The Hall–Kier alpha value is -0.0800. The predicted octanol–water partition coefficient (Wildman–Crippen LogP) is 3.03. The average molecular weight is 238 g/mol. The van der Waals surface area contributed by atoms with Crippen LogP contribution in [0.3, 0.4) is 0 Å². The summed E-state index contributed by atoms with van der Waals surface area (Å²) in [4.78, 5) is 2.78. The van der Waals surface area contributed by atoms with Crippen molar-refractivity contribution in [2.24, 2.45) is 5.41 Å². The number of rotatable bonds is 4. The Labute approximate surface area is 107 Å². The maximum Gasteiger partial charge on any atom is 0.00671 e. The van der Waals surface area contributed by atoms with Crippen LogP contribution in [0.4, 0.5) is 0 Å². The van der Waals surface area contributed by atoms with Crippen molar-refractivity contribution in [3.8, 4) is 0 Å². The van der Waals surface area contributed by atoms with Gasteiger partial charge in [-0.15, -0.1) is 0 Å². The molecule has 0 saturated carbocycles. The molecule has 2 heterocycles. The van der Waals surface area contributed by atoms with Gasteiger partial charge in [-0.1, -0.05) is 19.8 Å². The lowest BCUT2D eigenvalue weighted by molar-refractivity contribution is 0.0594. The fraction of sp³-hybridized carbons (Fsp3) is 1.00. The van der Waals surface area contributed by atoms with Gasteiger partial charge in [0.1, 0.15) is 0 Å². The number of nitrogens with zero attached hydrogens (tertiary/aromatic N) is 1. The van der Waals surface area contributed by atoms with Gasteiger partial charge in [0.2, 0.25) is 0 Å². The second-order valence-electron chi connectivity index (χ2n) is 6.32. The van der Waals surface area contributed by atoms with Crippen LogP contribution < -0.4 is 5.32 Å². The minimum absolute atomic E-state index is 0.631. The Morgan fingerprint density at radius 3 is 2.65 bits per heavy atom. The van der Waals surface area contributed by atoms with E-state index in [2.05, 4.69) is 24.1 Å². The summed E-state index contributed by atoms with van der Waals surface area (Å²) in [5, 5.41) is 3.53. The highest BCUT2D eigenvalue weighted by molar-refractivity contribution is 4.89. The molecule has 1 atom stereocenters. The van der Waals surface area contributed by atoms with Crippen molar-refractivity contribution in [3.63, 3.8) is 0 Å². The fourth-order valence-electron chi connectivity index (χ4n) is 3.80. The first-order chi connectivity index (χ1) is 8.26. The Kier molecular flexibility index (Phi) is 4.87. The summed E-state index contributed by atoms with van der Waals surface area (Å²) in [5.74, 6) is 0. The molecule has 2 heteroatoms. The lowest BCUT2D eigenvalue weighted by Crippen LogP contribution is -2.48. The monoisotopic (exact) mass is 238 g/mol. The van der Waals surface area contributed by atoms with Gasteiger partial charge >= 0.3 is 0 Å². The van der Waals surface area contributed by atoms with Crippen LogP contribution in [-0.2, 0) is 0 Å². The standard InChI is InChI=1S/C15H30N2/c1-3-7-15(8-10-16-11-9-15)13-17-12-5-4-6-14(17)2/h14,16H,3-13H2,1-2H3. The molecule has 0 aliphatic carbocycles. The maximum absolute atomic E-state index is 3.53. The van der Waals surface area contributed by atoms with E-state index in [-0.39, 0.29) is 0 Å². The molecule has 0 spiro atoms. The van der Waals surface area contributed by atoms with Crippen molar-refractivity contribution >= 4 is 0 Å². The highest BCUT2D eigenvalue weighted by Crippen LogP contribution is 2.36. The lowest BCUT2D eigenvalue weighted by Gasteiger charge is -2.45. The molecule has 0 amide bonds. The minimum atomic E-state index is 0.631. The van der Waals surface area contributed by atoms with E-state index in [1.54, 1.807) is 0 Å². The van der Waals surface area contributed by atoms with E-state index >= 15 is 0 Å². The zero-order chi connectivity index (χ0) is 12.1. The van der Waals surface area contributed by atoms with Gasteiger partial charge in [-0.05, 0) is 64.1 Å². The number of piperidine rings is 2. The predicted molar refractivity (Wildman–Crippen MR) is 74.3 cm³/mol. The lowest BCUT2D eigenvalue weighted by atomic mass is 9.74. The topological polar surface area (TPSA) is 15.3 Å². The largest absolute Gasteiger partial charge is 0.317 e. The van der Waals surface area contributed by atoms with Crippen molar-refractivity contribution in [1.29, 1.82) is 0 Å². The van der Waals surface area contributed by atoms with Crippen LogP contribution in [0.25, 0.3) is 0 Å². The summed E-state index contributed by atoms with van der Waals surface area (Å²) in [5.41, 5.74) is 0.631. The first-order valence-corrected chi connectivity index (χ1v) is 7.70. The summed E-state index contributed by atoms with van der Waals surface area (Å²) in [6.07, 6.45) is 9.85. The van der Waals surface area contributed by atoms with Crippen molar-refractivity contribution in [2.75, 3.05) is 26.2 Å². The van der Waals surface area contributed by atoms with Crippen molar-refractivity contribution in [2.45, 2.75) is 64.8 Å². The first kappa shape index (κ1) is 13.4. The number of hydrogen-bond acceptors (Lipinski definition) is 2. The molecule has 1 N–H and O–H groups in total. The van der Waals surface area contributed by atoms with E-state index in [9.17, 15) is 0 Å². The van der Waals surface area contributed by atoms with Gasteiger partial charge in [-0.2, -0.15) is 0 Å². The molecule has 0 bridgehead atoms. The Balaban J connectivity index is 1.95. The zero-order valence-corrected chi connectivity index (χ0v) is 11.8. The highest BCUT2D eigenvalue weighted by Gasteiger charge is 2.34. The summed E-state index contributed by atoms with van der Waals surface area (Å²) < 4.78 is 0. The minimum Gasteiger partial charge on any atom is -0.317 e. The van der Waals surface area contributed by atoms with Crippen molar-refractivity contribution in [1.82, 2.24) is 10.2 Å². The average Bonchev–Trinajstić information content (AvgIpc) is 2.34. The molecule has 2 aliphatic heterocycles. The molecule has 0 radical (unpaired) electrons. The van der Waals surface area contributed by atoms with Gasteiger partial charge in [-0.3, -0.25) is 0 Å². The number of hydrogen-bond donors (Lipinski definition) is 1. The smallest absolute Gasteiger partial charge is 0.00671 e. The van der Waals surface area contributed by atoms with Gasteiger partial charge in [-0.25, -0.2) is 0 Å². The van der Waals surface area contributed by atoms with Gasteiger partial charge in [0.05, 0.1) is 0 Å². The Bertz CT molecular complexity index is 215. The molecule has 2 rings (SSSR count).